The largest absolute Gasteiger partial charge is 0.469 e. The lowest BCUT2D eigenvalue weighted by molar-refractivity contribution is -0.115. The maximum absolute atomic E-state index is 10.4. The van der Waals surface area contributed by atoms with Crippen LogP contribution in [-0.2, 0) is 9.53 Å². The van der Waals surface area contributed by atoms with Gasteiger partial charge in [0, 0.05) is 10.6 Å². The van der Waals surface area contributed by atoms with Crippen molar-refractivity contribution >= 4 is 23.6 Å². The maximum Gasteiger partial charge on any atom is 0.225 e. The highest BCUT2D eigenvalue weighted by atomic mass is 35.5. The first kappa shape index (κ1) is 9.09. The van der Waals surface area contributed by atoms with Gasteiger partial charge < -0.3 is 10.1 Å². The van der Waals surface area contributed by atoms with Crippen molar-refractivity contribution in [3.05, 3.63) is 41.1 Å². The molecule has 1 aromatic rings. The Morgan fingerprint density at radius 2 is 2.07 bits per heavy atom. The van der Waals surface area contributed by atoms with Crippen molar-refractivity contribution in [2.45, 2.75) is 6.23 Å². The molecule has 1 aromatic carbocycles. The lowest BCUT2D eigenvalue weighted by atomic mass is 10.2. The molecule has 0 radical (unpaired) electrons. The van der Waals surface area contributed by atoms with E-state index in [4.69, 9.17) is 16.3 Å². The predicted octanol–water partition coefficient (Wildman–Crippen LogP) is 1.78. The predicted molar refractivity (Wildman–Crippen MR) is 53.5 cm³/mol. The molecule has 2 rings (SSSR count). The van der Waals surface area contributed by atoms with Crippen LogP contribution in [-0.4, -0.2) is 12.5 Å². The zero-order valence-electron chi connectivity index (χ0n) is 7.24. The summed E-state index contributed by atoms with van der Waals surface area (Å²) in [7, 11) is 0. The second-order valence-corrected chi connectivity index (χ2v) is 3.31. The Labute approximate surface area is 86.3 Å². The normalized spacial score (nSPS) is 19.5. The molecule has 0 bridgehead atoms. The van der Waals surface area contributed by atoms with Gasteiger partial charge in [0.25, 0.3) is 0 Å². The minimum atomic E-state index is -0.569. The number of aldehydes is 1. The second-order valence-electron chi connectivity index (χ2n) is 2.88. The van der Waals surface area contributed by atoms with E-state index < -0.39 is 6.23 Å². The summed E-state index contributed by atoms with van der Waals surface area (Å²) in [5.41, 5.74) is 1.73. The fourth-order valence-electron chi connectivity index (χ4n) is 1.21. The fraction of sp³-hybridized carbons (Fsp3) is 0.100. The number of carbonyl (C=O) groups is 1. The molecule has 4 heteroatoms. The molecule has 1 N–H and O–H groups in total. The highest BCUT2D eigenvalue weighted by molar-refractivity contribution is 6.30. The van der Waals surface area contributed by atoms with Gasteiger partial charge in [-0.3, -0.25) is 4.79 Å². The van der Waals surface area contributed by atoms with Gasteiger partial charge in [-0.25, -0.2) is 0 Å². The summed E-state index contributed by atoms with van der Waals surface area (Å²) in [5.74, 6) is 0. The van der Waals surface area contributed by atoms with Gasteiger partial charge >= 0.3 is 0 Å². The van der Waals surface area contributed by atoms with E-state index in [1.54, 1.807) is 12.1 Å². The maximum atomic E-state index is 10.4. The van der Waals surface area contributed by atoms with E-state index >= 15 is 0 Å². The number of benzene rings is 1. The van der Waals surface area contributed by atoms with Gasteiger partial charge in [-0.2, -0.15) is 0 Å². The molecule has 0 aromatic heterocycles. The monoisotopic (exact) mass is 209 g/mol. The molecule has 1 unspecified atom stereocenters. The number of halogens is 1. The molecule has 0 saturated carbocycles. The number of hydrogen-bond acceptors (Lipinski definition) is 3. The number of hydrogen-bond donors (Lipinski definition) is 1. The van der Waals surface area contributed by atoms with Crippen molar-refractivity contribution in [2.24, 2.45) is 0 Å². The van der Waals surface area contributed by atoms with Crippen molar-refractivity contribution < 1.29 is 9.53 Å². The van der Waals surface area contributed by atoms with Crippen LogP contribution in [0.5, 0.6) is 0 Å². The van der Waals surface area contributed by atoms with E-state index in [1.165, 1.54) is 6.26 Å². The van der Waals surface area contributed by atoms with Crippen LogP contribution in [0.1, 0.15) is 5.56 Å². The molecule has 3 nitrogen and oxygen atoms in total. The Kier molecular flexibility index (Phi) is 2.41. The van der Waals surface area contributed by atoms with Crippen LogP contribution in [0.3, 0.4) is 0 Å². The average molecular weight is 210 g/mol. The van der Waals surface area contributed by atoms with E-state index in [-0.39, 0.29) is 0 Å². The Balaban J connectivity index is 2.17. The number of nitrogens with one attached hydrogen (secondary N) is 1. The number of ether oxygens (including phenoxy) is 1. The molecular formula is C10H8ClNO2. The van der Waals surface area contributed by atoms with Crippen molar-refractivity contribution in [1.29, 1.82) is 0 Å². The van der Waals surface area contributed by atoms with Crippen LogP contribution in [0.15, 0.2) is 30.5 Å². The molecule has 0 fully saturated rings. The first-order valence-corrected chi connectivity index (χ1v) is 4.51. The van der Waals surface area contributed by atoms with E-state index in [9.17, 15) is 4.79 Å². The second kappa shape index (κ2) is 3.72. The van der Waals surface area contributed by atoms with Gasteiger partial charge in [0.15, 0.2) is 6.29 Å². The summed E-state index contributed by atoms with van der Waals surface area (Å²) < 4.78 is 5.03. The summed E-state index contributed by atoms with van der Waals surface area (Å²) in [6.07, 6.45) is 1.67. The van der Waals surface area contributed by atoms with Crippen LogP contribution in [0.25, 0.3) is 5.70 Å². The minimum absolute atomic E-state index is 0.569. The van der Waals surface area contributed by atoms with Crippen LogP contribution in [0.2, 0.25) is 5.02 Å². The van der Waals surface area contributed by atoms with Crippen molar-refractivity contribution in [1.82, 2.24) is 5.32 Å². The molecular weight excluding hydrogens is 202 g/mol. The summed E-state index contributed by atoms with van der Waals surface area (Å²) in [5, 5.41) is 3.58. The van der Waals surface area contributed by atoms with Gasteiger partial charge in [-0.05, 0) is 12.1 Å². The summed E-state index contributed by atoms with van der Waals surface area (Å²) >= 11 is 5.75. The minimum Gasteiger partial charge on any atom is -0.469 e. The van der Waals surface area contributed by atoms with E-state index in [1.807, 2.05) is 12.1 Å². The van der Waals surface area contributed by atoms with E-state index in [0.29, 0.717) is 11.3 Å². The van der Waals surface area contributed by atoms with Gasteiger partial charge in [-0.15, -0.1) is 0 Å². The lowest BCUT2D eigenvalue weighted by Gasteiger charge is -2.05. The third-order valence-electron chi connectivity index (χ3n) is 1.91. The smallest absolute Gasteiger partial charge is 0.225 e. The third kappa shape index (κ3) is 1.72. The van der Waals surface area contributed by atoms with Crippen molar-refractivity contribution in [3.8, 4) is 0 Å². The first-order chi connectivity index (χ1) is 6.79. The summed E-state index contributed by atoms with van der Waals surface area (Å²) in [6.45, 7) is 0. The molecule has 72 valence electrons. The molecule has 0 aliphatic carbocycles. The summed E-state index contributed by atoms with van der Waals surface area (Å²) in [4.78, 5) is 10.4. The Bertz CT molecular complexity index is 372. The molecule has 0 spiro atoms. The number of rotatable bonds is 2. The Morgan fingerprint density at radius 1 is 1.36 bits per heavy atom. The van der Waals surface area contributed by atoms with Gasteiger partial charge in [0.1, 0.15) is 6.26 Å². The molecule has 1 heterocycles. The molecule has 14 heavy (non-hydrogen) atoms. The standard InChI is InChI=1S/C10H8ClNO2/c11-8-3-1-7(2-4-8)9-6-14-10(5-13)12-9/h1-6,10,12H. The van der Waals surface area contributed by atoms with Crippen molar-refractivity contribution in [2.75, 3.05) is 0 Å². The molecule has 1 aliphatic heterocycles. The summed E-state index contributed by atoms with van der Waals surface area (Å²) in [6, 6.07) is 7.29. The Hall–Kier alpha value is -1.48. The SMILES string of the molecule is O=CC1NC(c2ccc(Cl)cc2)=CO1. The van der Waals surface area contributed by atoms with Crippen LogP contribution in [0, 0.1) is 0 Å². The quantitative estimate of drug-likeness (QED) is 0.755. The zero-order valence-corrected chi connectivity index (χ0v) is 7.99. The first-order valence-electron chi connectivity index (χ1n) is 4.13. The van der Waals surface area contributed by atoms with Crippen molar-refractivity contribution in [3.63, 3.8) is 0 Å². The third-order valence-corrected chi connectivity index (χ3v) is 2.16. The van der Waals surface area contributed by atoms with Crippen LogP contribution < -0.4 is 5.32 Å². The van der Waals surface area contributed by atoms with Gasteiger partial charge in [-0.1, -0.05) is 23.7 Å². The van der Waals surface area contributed by atoms with Gasteiger partial charge in [0.05, 0.1) is 5.70 Å². The van der Waals surface area contributed by atoms with Crippen LogP contribution in [0.4, 0.5) is 0 Å². The van der Waals surface area contributed by atoms with Gasteiger partial charge in [0.2, 0.25) is 6.23 Å². The molecule has 0 amide bonds. The molecule has 1 atom stereocenters. The Morgan fingerprint density at radius 3 is 2.64 bits per heavy atom. The topological polar surface area (TPSA) is 38.3 Å². The van der Waals surface area contributed by atoms with E-state index in [0.717, 1.165) is 11.3 Å². The fourth-order valence-corrected chi connectivity index (χ4v) is 1.34. The van der Waals surface area contributed by atoms with Crippen LogP contribution >= 0.6 is 11.6 Å². The lowest BCUT2D eigenvalue weighted by Crippen LogP contribution is -2.24. The molecule has 1 aliphatic rings. The number of carbonyl (C=O) groups excluding carboxylic acids is 1. The van der Waals surface area contributed by atoms with E-state index in [2.05, 4.69) is 5.32 Å². The highest BCUT2D eigenvalue weighted by Gasteiger charge is 2.16. The average Bonchev–Trinajstić information content (AvgIpc) is 2.67. The highest BCUT2D eigenvalue weighted by Crippen LogP contribution is 2.19. The zero-order chi connectivity index (χ0) is 9.97. The molecule has 0 saturated heterocycles.